The summed E-state index contributed by atoms with van der Waals surface area (Å²) < 4.78 is 12.1. The van der Waals surface area contributed by atoms with Crippen LogP contribution in [-0.2, 0) is 13.0 Å². The fourth-order valence-electron chi connectivity index (χ4n) is 3.53. The van der Waals surface area contributed by atoms with Crippen molar-refractivity contribution in [2.24, 2.45) is 4.99 Å². The zero-order valence-electron chi connectivity index (χ0n) is 16.5. The van der Waals surface area contributed by atoms with Crippen molar-refractivity contribution >= 4 is 6.08 Å². The topological polar surface area (TPSA) is 46.6 Å². The van der Waals surface area contributed by atoms with E-state index in [1.807, 2.05) is 19.1 Å². The minimum atomic E-state index is 0.524. The predicted octanol–water partition coefficient (Wildman–Crippen LogP) is 3.70. The highest BCUT2D eigenvalue weighted by atomic mass is 16.5. The second-order valence-electron chi connectivity index (χ2n) is 7.08. The van der Waals surface area contributed by atoms with Gasteiger partial charge in [-0.15, -0.1) is 0 Å². The summed E-state index contributed by atoms with van der Waals surface area (Å²) in [6.45, 7) is 6.08. The summed E-state index contributed by atoms with van der Waals surface area (Å²) in [6.07, 6.45) is 6.11. The highest BCUT2D eigenvalue weighted by Crippen LogP contribution is 2.33. The zero-order chi connectivity index (χ0) is 19.3. The summed E-state index contributed by atoms with van der Waals surface area (Å²) in [5.74, 6) is 1.62. The Morgan fingerprint density at radius 2 is 1.89 bits per heavy atom. The molecule has 0 atom stereocenters. The van der Waals surface area contributed by atoms with Gasteiger partial charge in [0.1, 0.15) is 12.1 Å². The first-order valence-corrected chi connectivity index (χ1v) is 9.88. The Balaban J connectivity index is 1.60. The Morgan fingerprint density at radius 1 is 1.04 bits per heavy atom. The van der Waals surface area contributed by atoms with Crippen molar-refractivity contribution in [3.63, 3.8) is 0 Å². The van der Waals surface area contributed by atoms with Crippen LogP contribution in [0.4, 0.5) is 0 Å². The first kappa shape index (κ1) is 18.4. The molecule has 1 N–H and O–H groups in total. The molecule has 3 aromatic rings. The number of nitrogens with one attached hydrogen (secondary N) is 1. The Hall–Kier alpha value is -3.01. The summed E-state index contributed by atoms with van der Waals surface area (Å²) in [5, 5.41) is 1.22. The molecule has 0 saturated carbocycles. The second kappa shape index (κ2) is 8.34. The number of hydrogen-bond acceptors (Lipinski definition) is 3. The van der Waals surface area contributed by atoms with Gasteiger partial charge in [-0.3, -0.25) is 4.99 Å². The molecule has 0 amide bonds. The number of aromatic amines is 1. The van der Waals surface area contributed by atoms with E-state index in [0.717, 1.165) is 47.5 Å². The quantitative estimate of drug-likeness (QED) is 0.685. The van der Waals surface area contributed by atoms with Crippen LogP contribution in [0.25, 0.3) is 6.08 Å². The average Bonchev–Trinajstić information content (AvgIpc) is 3.12. The molecule has 4 heteroatoms. The highest BCUT2D eigenvalue weighted by molar-refractivity contribution is 5.49. The maximum atomic E-state index is 6.13. The maximum absolute atomic E-state index is 6.13. The van der Waals surface area contributed by atoms with Crippen molar-refractivity contribution in [2.45, 2.75) is 33.3 Å². The lowest BCUT2D eigenvalue weighted by Gasteiger charge is -2.16. The fraction of sp³-hybridized carbons (Fsp3) is 0.292. The van der Waals surface area contributed by atoms with Crippen LogP contribution in [0.3, 0.4) is 0 Å². The molecule has 0 aliphatic carbocycles. The Kier molecular flexibility index (Phi) is 5.47. The molecule has 144 valence electrons. The monoisotopic (exact) mass is 374 g/mol. The minimum Gasteiger partial charge on any atom is -0.490 e. The molecule has 2 aromatic carbocycles. The lowest BCUT2D eigenvalue weighted by molar-refractivity contribution is 0.267. The normalized spacial score (nSPS) is 12.6. The number of para-hydroxylation sites is 1. The number of nitrogens with zero attached hydrogens (tertiary/aromatic N) is 1. The van der Waals surface area contributed by atoms with Gasteiger partial charge in [-0.1, -0.05) is 48.0 Å². The smallest absolute Gasteiger partial charge is 0.164 e. The van der Waals surface area contributed by atoms with Gasteiger partial charge in [0.2, 0.25) is 0 Å². The molecule has 2 heterocycles. The van der Waals surface area contributed by atoms with Crippen LogP contribution >= 0.6 is 0 Å². The van der Waals surface area contributed by atoms with Crippen molar-refractivity contribution in [1.29, 1.82) is 0 Å². The largest absolute Gasteiger partial charge is 0.490 e. The third kappa shape index (κ3) is 3.96. The number of benzene rings is 2. The number of aryl methyl sites for hydroxylation is 1. The van der Waals surface area contributed by atoms with E-state index >= 15 is 0 Å². The summed E-state index contributed by atoms with van der Waals surface area (Å²) in [5.41, 5.74) is 5.76. The molecule has 0 unspecified atom stereocenters. The van der Waals surface area contributed by atoms with E-state index in [0.29, 0.717) is 13.2 Å². The molecule has 0 radical (unpaired) electrons. The van der Waals surface area contributed by atoms with Crippen LogP contribution in [0.1, 0.15) is 35.6 Å². The second-order valence-corrected chi connectivity index (χ2v) is 7.08. The molecule has 1 aliphatic rings. The van der Waals surface area contributed by atoms with Gasteiger partial charge in [0, 0.05) is 29.9 Å². The Morgan fingerprint density at radius 3 is 2.71 bits per heavy atom. The van der Waals surface area contributed by atoms with E-state index in [1.165, 1.54) is 16.3 Å². The van der Waals surface area contributed by atoms with Crippen molar-refractivity contribution in [1.82, 2.24) is 4.98 Å². The number of H-pyrrole nitrogens is 1. The van der Waals surface area contributed by atoms with Gasteiger partial charge in [0.05, 0.1) is 6.61 Å². The molecule has 0 bridgehead atoms. The van der Waals surface area contributed by atoms with Crippen LogP contribution in [0, 0.1) is 6.92 Å². The molecular weight excluding hydrogens is 348 g/mol. The summed E-state index contributed by atoms with van der Waals surface area (Å²) in [7, 11) is 0. The van der Waals surface area contributed by atoms with E-state index in [4.69, 9.17) is 9.47 Å². The molecule has 28 heavy (non-hydrogen) atoms. The van der Waals surface area contributed by atoms with E-state index in [-0.39, 0.29) is 0 Å². The highest BCUT2D eigenvalue weighted by Gasteiger charge is 2.14. The number of rotatable bonds is 7. The first-order chi connectivity index (χ1) is 13.7. The van der Waals surface area contributed by atoms with Gasteiger partial charge in [0.25, 0.3) is 0 Å². The van der Waals surface area contributed by atoms with Gasteiger partial charge in [0.15, 0.2) is 11.5 Å². The van der Waals surface area contributed by atoms with Gasteiger partial charge in [-0.05, 0) is 37.5 Å². The van der Waals surface area contributed by atoms with Gasteiger partial charge in [-0.25, -0.2) is 0 Å². The maximum Gasteiger partial charge on any atom is 0.164 e. The average molecular weight is 374 g/mol. The summed E-state index contributed by atoms with van der Waals surface area (Å²) >= 11 is 0. The van der Waals surface area contributed by atoms with Crippen LogP contribution in [-0.4, -0.2) is 18.1 Å². The molecule has 0 saturated heterocycles. The summed E-state index contributed by atoms with van der Waals surface area (Å²) in [6, 6.07) is 14.6. The Labute approximate surface area is 165 Å². The summed E-state index contributed by atoms with van der Waals surface area (Å²) in [4.78, 5) is 7.85. The van der Waals surface area contributed by atoms with E-state index < -0.39 is 0 Å². The molecular formula is C24H26N2O2. The lowest BCUT2D eigenvalue weighted by Crippen LogP contribution is -2.28. The first-order valence-electron chi connectivity index (χ1n) is 9.88. The van der Waals surface area contributed by atoms with Gasteiger partial charge < -0.3 is 14.5 Å². The molecule has 0 fully saturated rings. The van der Waals surface area contributed by atoms with Crippen molar-refractivity contribution in [2.75, 3.05) is 13.2 Å². The number of fused-ring (bicyclic) bond motifs is 1. The number of ether oxygens (including phenoxy) is 2. The van der Waals surface area contributed by atoms with Crippen LogP contribution in [0.5, 0.6) is 11.5 Å². The standard InChI is InChI=1S/C24H26N2O2/c1-3-27-23-19(14-20-15-26-24-21(20)7-5-13-25-24)6-4-8-22(23)28-16-18-11-9-17(2)10-12-18/h4,6-12,15H,3,5,13-14,16H2,1-2H3,(H,25,26). The fourth-order valence-corrected chi connectivity index (χ4v) is 3.53. The lowest BCUT2D eigenvalue weighted by atomic mass is 10.0. The van der Waals surface area contributed by atoms with Crippen LogP contribution in [0.2, 0.25) is 0 Å². The number of aromatic nitrogens is 1. The molecule has 1 aromatic heterocycles. The van der Waals surface area contributed by atoms with Gasteiger partial charge in [-0.2, -0.15) is 0 Å². The minimum absolute atomic E-state index is 0.524. The third-order valence-corrected chi connectivity index (χ3v) is 4.98. The zero-order valence-corrected chi connectivity index (χ0v) is 16.5. The van der Waals surface area contributed by atoms with E-state index in [2.05, 4.69) is 59.5 Å². The third-order valence-electron chi connectivity index (χ3n) is 4.98. The molecule has 4 rings (SSSR count). The van der Waals surface area contributed by atoms with Crippen molar-refractivity contribution in [3.05, 3.63) is 81.6 Å². The van der Waals surface area contributed by atoms with Crippen molar-refractivity contribution < 1.29 is 9.47 Å². The van der Waals surface area contributed by atoms with Gasteiger partial charge >= 0.3 is 0 Å². The van der Waals surface area contributed by atoms with E-state index in [9.17, 15) is 0 Å². The molecule has 0 spiro atoms. The Bertz CT molecular complexity index is 1060. The van der Waals surface area contributed by atoms with Crippen LogP contribution < -0.4 is 20.2 Å². The predicted molar refractivity (Wildman–Crippen MR) is 111 cm³/mol. The SMILES string of the molecule is CCOc1c(Cc2c[nH]c3c2=CCCN=3)cccc1OCc1ccc(C)cc1. The molecule has 4 nitrogen and oxygen atoms in total. The number of hydrogen-bond donors (Lipinski definition) is 1. The molecule has 1 aliphatic heterocycles. The van der Waals surface area contributed by atoms with Crippen molar-refractivity contribution in [3.8, 4) is 11.5 Å². The van der Waals surface area contributed by atoms with Crippen LogP contribution in [0.15, 0.2) is 53.7 Å². The van der Waals surface area contributed by atoms with E-state index in [1.54, 1.807) is 0 Å².